The number of aliphatic carboxylic acids is 1. The smallest absolute Gasteiger partial charge is 0.308 e. The first kappa shape index (κ1) is 16.4. The Morgan fingerprint density at radius 1 is 1.27 bits per heavy atom. The zero-order chi connectivity index (χ0) is 16.5. The molecule has 1 aliphatic heterocycles. The summed E-state index contributed by atoms with van der Waals surface area (Å²) in [6.45, 7) is 2.09. The molecule has 2 rings (SSSR count). The molecule has 120 valence electrons. The summed E-state index contributed by atoms with van der Waals surface area (Å²) in [5.74, 6) is -1.75. The van der Waals surface area contributed by atoms with Gasteiger partial charge in [0.2, 0.25) is 10.0 Å². The Morgan fingerprint density at radius 3 is 2.32 bits per heavy atom. The third-order valence-electron chi connectivity index (χ3n) is 4.01. The maximum absolute atomic E-state index is 12.4. The Bertz CT molecular complexity index is 684. The summed E-state index contributed by atoms with van der Waals surface area (Å²) in [5.41, 5.74) is 0.341. The minimum atomic E-state index is -3.54. The van der Waals surface area contributed by atoms with Gasteiger partial charge in [0.1, 0.15) is 0 Å². The highest BCUT2D eigenvalue weighted by Crippen LogP contribution is 2.26. The fraction of sp³-hybridized carbons (Fsp3) is 0.429. The van der Waals surface area contributed by atoms with Crippen molar-refractivity contribution < 1.29 is 23.1 Å². The van der Waals surface area contributed by atoms with Crippen molar-refractivity contribution in [2.24, 2.45) is 5.92 Å². The van der Waals surface area contributed by atoms with Gasteiger partial charge in [-0.15, -0.1) is 0 Å². The Kier molecular flexibility index (Phi) is 4.52. The van der Waals surface area contributed by atoms with Gasteiger partial charge in [-0.05, 0) is 44.7 Å². The fourth-order valence-electron chi connectivity index (χ4n) is 2.62. The van der Waals surface area contributed by atoms with Crippen LogP contribution in [0, 0.1) is 5.92 Å². The Morgan fingerprint density at radius 2 is 1.86 bits per heavy atom. The summed E-state index contributed by atoms with van der Waals surface area (Å²) in [6, 6.07) is 5.20. The molecule has 1 aromatic carbocycles. The summed E-state index contributed by atoms with van der Waals surface area (Å²) < 4.78 is 25.5. The second kappa shape index (κ2) is 6.05. The molecule has 1 amide bonds. The van der Waals surface area contributed by atoms with Crippen LogP contribution in [0.4, 0.5) is 0 Å². The van der Waals surface area contributed by atoms with Crippen molar-refractivity contribution in [3.63, 3.8) is 0 Å². The van der Waals surface area contributed by atoms with Crippen LogP contribution >= 0.6 is 0 Å². The summed E-state index contributed by atoms with van der Waals surface area (Å²) in [7, 11) is -2.23. The van der Waals surface area contributed by atoms with E-state index in [0.717, 1.165) is 0 Å². The fourth-order valence-corrected chi connectivity index (χ4v) is 3.35. The van der Waals surface area contributed by atoms with E-state index < -0.39 is 21.9 Å². The quantitative estimate of drug-likeness (QED) is 0.840. The van der Waals surface area contributed by atoms with Gasteiger partial charge >= 0.3 is 5.97 Å². The number of hydrogen-bond acceptors (Lipinski definition) is 4. The largest absolute Gasteiger partial charge is 0.481 e. The molecular weight excluding hydrogens is 308 g/mol. The number of benzene rings is 1. The highest BCUT2D eigenvalue weighted by Gasteiger charge is 2.38. The lowest BCUT2D eigenvalue weighted by Gasteiger charge is -2.23. The number of rotatable bonds is 4. The van der Waals surface area contributed by atoms with E-state index in [-0.39, 0.29) is 16.8 Å². The van der Waals surface area contributed by atoms with E-state index in [0.29, 0.717) is 18.5 Å². The molecule has 0 saturated carbocycles. The maximum Gasteiger partial charge on any atom is 0.308 e. The molecule has 2 N–H and O–H groups in total. The van der Waals surface area contributed by atoms with E-state index in [9.17, 15) is 18.0 Å². The van der Waals surface area contributed by atoms with Crippen molar-refractivity contribution in [1.82, 2.24) is 9.62 Å². The maximum atomic E-state index is 12.4. The molecule has 0 radical (unpaired) electrons. The molecule has 1 aliphatic rings. The van der Waals surface area contributed by atoms with Gasteiger partial charge in [0.15, 0.2) is 0 Å². The number of carboxylic acids is 1. The molecule has 0 spiro atoms. The number of sulfonamides is 1. The number of likely N-dealkylation sites (tertiary alicyclic amines) is 1. The topological polar surface area (TPSA) is 104 Å². The normalized spacial score (nSPS) is 21.8. The van der Waals surface area contributed by atoms with Crippen LogP contribution in [0.1, 0.15) is 23.7 Å². The van der Waals surface area contributed by atoms with Gasteiger partial charge < -0.3 is 10.0 Å². The van der Waals surface area contributed by atoms with Crippen LogP contribution in [0.3, 0.4) is 0 Å². The summed E-state index contributed by atoms with van der Waals surface area (Å²) >= 11 is 0. The monoisotopic (exact) mass is 326 g/mol. The minimum Gasteiger partial charge on any atom is -0.481 e. The van der Waals surface area contributed by atoms with Crippen LogP contribution in [0.15, 0.2) is 29.2 Å². The second-order valence-corrected chi connectivity index (χ2v) is 7.09. The van der Waals surface area contributed by atoms with Crippen LogP contribution in [0.2, 0.25) is 0 Å². The number of amides is 1. The lowest BCUT2D eigenvalue weighted by molar-refractivity contribution is -0.142. The molecule has 22 heavy (non-hydrogen) atoms. The SMILES string of the molecule is CNS(=O)(=O)c1ccc(C(=O)N2CCC(C(=O)O)C2C)cc1. The van der Waals surface area contributed by atoms with Crippen molar-refractivity contribution >= 4 is 21.9 Å². The van der Waals surface area contributed by atoms with Crippen LogP contribution in [0.5, 0.6) is 0 Å². The van der Waals surface area contributed by atoms with Crippen molar-refractivity contribution in [2.45, 2.75) is 24.3 Å². The van der Waals surface area contributed by atoms with E-state index in [1.807, 2.05) is 0 Å². The third-order valence-corrected chi connectivity index (χ3v) is 5.44. The number of hydrogen-bond donors (Lipinski definition) is 2. The molecule has 2 atom stereocenters. The van der Waals surface area contributed by atoms with Gasteiger partial charge in [-0.25, -0.2) is 13.1 Å². The average molecular weight is 326 g/mol. The third kappa shape index (κ3) is 2.97. The highest BCUT2D eigenvalue weighted by molar-refractivity contribution is 7.89. The number of nitrogens with zero attached hydrogens (tertiary/aromatic N) is 1. The zero-order valence-corrected chi connectivity index (χ0v) is 13.1. The molecule has 1 aromatic rings. The summed E-state index contributed by atoms with van der Waals surface area (Å²) in [4.78, 5) is 25.1. The van der Waals surface area contributed by atoms with Crippen LogP contribution in [-0.4, -0.2) is 49.9 Å². The lowest BCUT2D eigenvalue weighted by Crippen LogP contribution is -2.37. The molecule has 1 fully saturated rings. The first-order valence-corrected chi connectivity index (χ1v) is 8.33. The Labute approximate surface area is 129 Å². The second-order valence-electron chi connectivity index (χ2n) is 5.20. The van der Waals surface area contributed by atoms with Crippen LogP contribution in [-0.2, 0) is 14.8 Å². The van der Waals surface area contributed by atoms with E-state index in [1.54, 1.807) is 6.92 Å². The number of carboxylic acid groups (broad SMARTS) is 1. The Balaban J connectivity index is 2.19. The van der Waals surface area contributed by atoms with E-state index in [2.05, 4.69) is 4.72 Å². The van der Waals surface area contributed by atoms with Crippen molar-refractivity contribution in [1.29, 1.82) is 0 Å². The molecule has 8 heteroatoms. The predicted molar refractivity (Wildman–Crippen MR) is 78.9 cm³/mol. The summed E-state index contributed by atoms with van der Waals surface area (Å²) in [5, 5.41) is 9.10. The predicted octanol–water partition coefficient (Wildman–Crippen LogP) is 0.530. The first-order valence-electron chi connectivity index (χ1n) is 6.85. The molecule has 0 aromatic heterocycles. The van der Waals surface area contributed by atoms with Crippen molar-refractivity contribution in [2.75, 3.05) is 13.6 Å². The van der Waals surface area contributed by atoms with E-state index in [1.165, 1.54) is 36.2 Å². The Hall–Kier alpha value is -1.93. The first-order chi connectivity index (χ1) is 10.3. The van der Waals surface area contributed by atoms with E-state index in [4.69, 9.17) is 5.11 Å². The molecule has 2 unspecified atom stereocenters. The highest BCUT2D eigenvalue weighted by atomic mass is 32.2. The van der Waals surface area contributed by atoms with Gasteiger partial charge in [0.05, 0.1) is 10.8 Å². The van der Waals surface area contributed by atoms with Crippen molar-refractivity contribution in [3.8, 4) is 0 Å². The molecule has 7 nitrogen and oxygen atoms in total. The standard InChI is InChI=1S/C14H18N2O5S/c1-9-12(14(18)19)7-8-16(9)13(17)10-3-5-11(6-4-10)22(20,21)15-2/h3-6,9,12,15H,7-8H2,1-2H3,(H,18,19). The minimum absolute atomic E-state index is 0.0735. The molecule has 0 bridgehead atoms. The molecule has 1 saturated heterocycles. The van der Waals surface area contributed by atoms with Crippen molar-refractivity contribution in [3.05, 3.63) is 29.8 Å². The van der Waals surface area contributed by atoms with Gasteiger partial charge in [-0.1, -0.05) is 0 Å². The van der Waals surface area contributed by atoms with Crippen LogP contribution < -0.4 is 4.72 Å². The average Bonchev–Trinajstić information content (AvgIpc) is 2.88. The number of carbonyl (C=O) groups is 2. The van der Waals surface area contributed by atoms with Gasteiger partial charge in [-0.2, -0.15) is 0 Å². The van der Waals surface area contributed by atoms with Gasteiger partial charge in [0.25, 0.3) is 5.91 Å². The zero-order valence-electron chi connectivity index (χ0n) is 12.3. The number of nitrogens with one attached hydrogen (secondary N) is 1. The van der Waals surface area contributed by atoms with Crippen LogP contribution in [0.25, 0.3) is 0 Å². The summed E-state index contributed by atoms with van der Waals surface area (Å²) in [6.07, 6.45) is 0.425. The van der Waals surface area contributed by atoms with E-state index >= 15 is 0 Å². The lowest BCUT2D eigenvalue weighted by atomic mass is 10.0. The molecular formula is C14H18N2O5S. The number of carbonyl (C=O) groups excluding carboxylic acids is 1. The van der Waals surface area contributed by atoms with Gasteiger partial charge in [0, 0.05) is 18.2 Å². The molecule has 1 heterocycles. The van der Waals surface area contributed by atoms with Gasteiger partial charge in [-0.3, -0.25) is 9.59 Å². The molecule has 0 aliphatic carbocycles.